The van der Waals surface area contributed by atoms with Gasteiger partial charge in [0.15, 0.2) is 5.78 Å². The molecule has 2 aromatic rings. The van der Waals surface area contributed by atoms with E-state index in [1.807, 2.05) is 36.4 Å². The average molecular weight is 356 g/mol. The topological polar surface area (TPSA) is 29.1 Å². The lowest BCUT2D eigenvalue weighted by atomic mass is 9.85. The minimum atomic E-state index is -0.0554. The summed E-state index contributed by atoms with van der Waals surface area (Å²) in [5.41, 5.74) is 3.94. The summed E-state index contributed by atoms with van der Waals surface area (Å²) >= 11 is 3.39. The summed E-state index contributed by atoms with van der Waals surface area (Å²) in [6, 6.07) is 15.7. The van der Waals surface area contributed by atoms with Crippen molar-refractivity contribution >= 4 is 27.4 Å². The standard InChI is InChI=1S/C19H18BrNO/c1-19(2)12-14-5-3-4-6-16(14)17(21-19)11-18(22)13-7-9-15(20)10-8-13/h3-11,21H,12H2,1-2H3. The number of halogens is 1. The number of rotatable bonds is 2. The van der Waals surface area contributed by atoms with Crippen LogP contribution in [-0.4, -0.2) is 11.3 Å². The Morgan fingerprint density at radius 3 is 2.55 bits per heavy atom. The van der Waals surface area contributed by atoms with Gasteiger partial charge in [0, 0.05) is 32.9 Å². The first-order chi connectivity index (χ1) is 10.4. The predicted octanol–water partition coefficient (Wildman–Crippen LogP) is 4.60. The van der Waals surface area contributed by atoms with Crippen molar-refractivity contribution in [3.8, 4) is 0 Å². The van der Waals surface area contributed by atoms with Gasteiger partial charge >= 0.3 is 0 Å². The van der Waals surface area contributed by atoms with E-state index in [9.17, 15) is 4.79 Å². The Hall–Kier alpha value is -1.87. The largest absolute Gasteiger partial charge is 0.379 e. The second-order valence-electron chi connectivity index (χ2n) is 6.27. The van der Waals surface area contributed by atoms with E-state index < -0.39 is 0 Å². The number of hydrogen-bond donors (Lipinski definition) is 1. The quantitative estimate of drug-likeness (QED) is 0.630. The molecule has 0 amide bonds. The van der Waals surface area contributed by atoms with Gasteiger partial charge in [0.2, 0.25) is 0 Å². The van der Waals surface area contributed by atoms with Crippen LogP contribution in [0.25, 0.3) is 5.70 Å². The Morgan fingerprint density at radius 1 is 1.14 bits per heavy atom. The maximum Gasteiger partial charge on any atom is 0.187 e. The highest BCUT2D eigenvalue weighted by Crippen LogP contribution is 2.29. The van der Waals surface area contributed by atoms with Gasteiger partial charge in [-0.15, -0.1) is 0 Å². The molecule has 3 rings (SSSR count). The number of allylic oxidation sites excluding steroid dienone is 1. The van der Waals surface area contributed by atoms with Crippen LogP contribution in [0.1, 0.15) is 35.3 Å². The number of benzene rings is 2. The van der Waals surface area contributed by atoms with Crippen LogP contribution in [-0.2, 0) is 6.42 Å². The molecular formula is C19H18BrNO. The van der Waals surface area contributed by atoms with Crippen molar-refractivity contribution in [2.45, 2.75) is 25.8 Å². The van der Waals surface area contributed by atoms with Crippen LogP contribution in [0.15, 0.2) is 59.1 Å². The van der Waals surface area contributed by atoms with Crippen LogP contribution in [0, 0.1) is 0 Å². The highest BCUT2D eigenvalue weighted by atomic mass is 79.9. The molecule has 0 aliphatic carbocycles. The van der Waals surface area contributed by atoms with Crippen LogP contribution in [0.5, 0.6) is 0 Å². The summed E-state index contributed by atoms with van der Waals surface area (Å²) in [4.78, 5) is 12.5. The fourth-order valence-electron chi connectivity index (χ4n) is 2.83. The first-order valence-corrected chi connectivity index (χ1v) is 8.12. The second kappa shape index (κ2) is 5.73. The summed E-state index contributed by atoms with van der Waals surface area (Å²) in [5, 5.41) is 3.49. The number of nitrogens with one attached hydrogen (secondary N) is 1. The summed E-state index contributed by atoms with van der Waals surface area (Å²) < 4.78 is 0.971. The lowest BCUT2D eigenvalue weighted by molar-refractivity contribution is 0.104. The SMILES string of the molecule is CC1(C)Cc2ccccc2C(=CC(=O)c2ccc(Br)cc2)N1. The Balaban J connectivity index is 1.99. The van der Waals surface area contributed by atoms with Crippen molar-refractivity contribution < 1.29 is 4.79 Å². The first kappa shape index (κ1) is 15.0. The summed E-state index contributed by atoms with van der Waals surface area (Å²) in [6.07, 6.45) is 2.66. The Morgan fingerprint density at radius 2 is 1.82 bits per heavy atom. The summed E-state index contributed by atoms with van der Waals surface area (Å²) in [5.74, 6) is 0.0162. The van der Waals surface area contributed by atoms with Gasteiger partial charge in [-0.3, -0.25) is 4.79 Å². The van der Waals surface area contributed by atoms with Crippen LogP contribution in [0.4, 0.5) is 0 Å². The molecule has 0 saturated heterocycles. The van der Waals surface area contributed by atoms with Crippen molar-refractivity contribution in [3.63, 3.8) is 0 Å². The van der Waals surface area contributed by atoms with Gasteiger partial charge in [-0.2, -0.15) is 0 Å². The molecule has 0 unspecified atom stereocenters. The highest BCUT2D eigenvalue weighted by molar-refractivity contribution is 9.10. The van der Waals surface area contributed by atoms with E-state index in [2.05, 4.69) is 47.2 Å². The molecule has 0 aromatic heterocycles. The van der Waals surface area contributed by atoms with Gasteiger partial charge in [0.05, 0.1) is 0 Å². The zero-order valence-corrected chi connectivity index (χ0v) is 14.3. The van der Waals surface area contributed by atoms with Crippen LogP contribution in [0.2, 0.25) is 0 Å². The van der Waals surface area contributed by atoms with Gasteiger partial charge in [0.25, 0.3) is 0 Å². The van der Waals surface area contributed by atoms with Crippen LogP contribution in [0.3, 0.4) is 0 Å². The fraction of sp³-hybridized carbons (Fsp3) is 0.211. The van der Waals surface area contributed by atoms with Gasteiger partial charge in [-0.25, -0.2) is 0 Å². The van der Waals surface area contributed by atoms with Gasteiger partial charge in [-0.05, 0) is 50.1 Å². The molecule has 1 aliphatic heterocycles. The van der Waals surface area contributed by atoms with E-state index >= 15 is 0 Å². The molecule has 0 spiro atoms. The molecule has 3 heteroatoms. The molecule has 0 bridgehead atoms. The van der Waals surface area contributed by atoms with Crippen molar-refractivity contribution in [2.24, 2.45) is 0 Å². The van der Waals surface area contributed by atoms with Gasteiger partial charge < -0.3 is 5.32 Å². The molecule has 0 radical (unpaired) electrons. The number of hydrogen-bond acceptors (Lipinski definition) is 2. The van der Waals surface area contributed by atoms with Crippen LogP contribution >= 0.6 is 15.9 Å². The normalized spacial score (nSPS) is 17.7. The lowest BCUT2D eigenvalue weighted by Gasteiger charge is -2.35. The molecule has 1 heterocycles. The Bertz CT molecular complexity index is 744. The average Bonchev–Trinajstić information content (AvgIpc) is 2.46. The minimum Gasteiger partial charge on any atom is -0.379 e. The Labute approximate surface area is 139 Å². The smallest absolute Gasteiger partial charge is 0.187 e. The summed E-state index contributed by atoms with van der Waals surface area (Å²) in [6.45, 7) is 4.31. The molecule has 1 aliphatic rings. The van der Waals surface area contributed by atoms with E-state index in [1.165, 1.54) is 5.56 Å². The van der Waals surface area contributed by atoms with Crippen molar-refractivity contribution in [1.29, 1.82) is 0 Å². The third kappa shape index (κ3) is 3.14. The number of carbonyl (C=O) groups is 1. The summed E-state index contributed by atoms with van der Waals surface area (Å²) in [7, 11) is 0. The Kier molecular flexibility index (Phi) is 3.92. The zero-order valence-electron chi connectivity index (χ0n) is 12.7. The first-order valence-electron chi connectivity index (χ1n) is 7.33. The lowest BCUT2D eigenvalue weighted by Crippen LogP contribution is -2.43. The minimum absolute atomic E-state index is 0.0162. The third-order valence-corrected chi connectivity index (χ3v) is 4.35. The molecule has 112 valence electrons. The maximum absolute atomic E-state index is 12.5. The monoisotopic (exact) mass is 355 g/mol. The van der Waals surface area contributed by atoms with Crippen LogP contribution < -0.4 is 5.32 Å². The molecule has 0 atom stereocenters. The fourth-order valence-corrected chi connectivity index (χ4v) is 3.10. The zero-order chi connectivity index (χ0) is 15.7. The van der Waals surface area contributed by atoms with E-state index in [0.29, 0.717) is 5.56 Å². The second-order valence-corrected chi connectivity index (χ2v) is 7.19. The molecule has 2 aromatic carbocycles. The van der Waals surface area contributed by atoms with E-state index in [1.54, 1.807) is 6.08 Å². The number of fused-ring (bicyclic) bond motifs is 1. The molecule has 22 heavy (non-hydrogen) atoms. The van der Waals surface area contributed by atoms with Gasteiger partial charge in [-0.1, -0.05) is 40.2 Å². The maximum atomic E-state index is 12.5. The number of ketones is 1. The van der Waals surface area contributed by atoms with Crippen molar-refractivity contribution in [2.75, 3.05) is 0 Å². The van der Waals surface area contributed by atoms with Gasteiger partial charge in [0.1, 0.15) is 0 Å². The van der Waals surface area contributed by atoms with Crippen molar-refractivity contribution in [3.05, 3.63) is 75.8 Å². The van der Waals surface area contributed by atoms with E-state index in [-0.39, 0.29) is 11.3 Å². The molecule has 0 fully saturated rings. The predicted molar refractivity (Wildman–Crippen MR) is 93.8 cm³/mol. The molecule has 1 N–H and O–H groups in total. The van der Waals surface area contributed by atoms with Crippen molar-refractivity contribution in [1.82, 2.24) is 5.32 Å². The molecular weight excluding hydrogens is 338 g/mol. The third-order valence-electron chi connectivity index (χ3n) is 3.82. The molecule has 2 nitrogen and oxygen atoms in total. The van der Waals surface area contributed by atoms with E-state index in [0.717, 1.165) is 22.2 Å². The molecule has 0 saturated carbocycles. The highest BCUT2D eigenvalue weighted by Gasteiger charge is 2.27. The van der Waals surface area contributed by atoms with E-state index in [4.69, 9.17) is 0 Å². The number of carbonyl (C=O) groups excluding carboxylic acids is 1.